The minimum Gasteiger partial charge on any atom is -0.347 e. The molecule has 0 bridgehead atoms. The maximum Gasteiger partial charge on any atom is 0.130 e. The lowest BCUT2D eigenvalue weighted by molar-refractivity contribution is -0.238. The second-order valence-corrected chi connectivity index (χ2v) is 8.10. The summed E-state index contributed by atoms with van der Waals surface area (Å²) in [5, 5.41) is 0. The van der Waals surface area contributed by atoms with Crippen molar-refractivity contribution in [3.63, 3.8) is 0 Å². The van der Waals surface area contributed by atoms with Crippen LogP contribution in [0, 0.1) is 12.8 Å². The van der Waals surface area contributed by atoms with E-state index in [-0.39, 0.29) is 10.5 Å². The fourth-order valence-electron chi connectivity index (χ4n) is 3.83. The van der Waals surface area contributed by atoms with Crippen molar-refractivity contribution in [1.29, 1.82) is 0 Å². The van der Waals surface area contributed by atoms with E-state index < -0.39 is 0 Å². The third-order valence-corrected chi connectivity index (χ3v) is 6.02. The van der Waals surface area contributed by atoms with Crippen LogP contribution in [-0.2, 0) is 10.3 Å². The van der Waals surface area contributed by atoms with Gasteiger partial charge in [-0.25, -0.2) is 0 Å². The molecule has 2 aromatic rings. The van der Waals surface area contributed by atoms with Crippen LogP contribution in [0.25, 0.3) is 0 Å². The Labute approximate surface area is 136 Å². The molecule has 2 aromatic carbocycles. The average molecular weight is 308 g/mol. The van der Waals surface area contributed by atoms with Crippen molar-refractivity contribution in [3.05, 3.63) is 82.3 Å². The van der Waals surface area contributed by atoms with Gasteiger partial charge in [0.1, 0.15) is 10.5 Å². The predicted octanol–water partition coefficient (Wildman–Crippen LogP) is 5.25. The quantitative estimate of drug-likeness (QED) is 0.749. The number of fused-ring (bicyclic) bond motifs is 1. The van der Waals surface area contributed by atoms with Crippen LogP contribution >= 0.6 is 11.8 Å². The van der Waals surface area contributed by atoms with E-state index in [4.69, 9.17) is 4.74 Å². The number of rotatable bonds is 2. The van der Waals surface area contributed by atoms with Crippen molar-refractivity contribution in [2.45, 2.75) is 31.3 Å². The maximum absolute atomic E-state index is 6.63. The first-order chi connectivity index (χ1) is 10.5. The van der Waals surface area contributed by atoms with E-state index in [9.17, 15) is 0 Å². The van der Waals surface area contributed by atoms with E-state index in [2.05, 4.69) is 81.4 Å². The summed E-state index contributed by atoms with van der Waals surface area (Å²) in [6, 6.07) is 19.4. The second-order valence-electron chi connectivity index (χ2n) is 6.44. The fraction of sp³-hybridized carbons (Fsp3) is 0.300. The highest BCUT2D eigenvalue weighted by atomic mass is 32.2. The Kier molecular flexibility index (Phi) is 3.04. The lowest BCUT2D eigenvalue weighted by Gasteiger charge is -2.58. The highest BCUT2D eigenvalue weighted by molar-refractivity contribution is 8.04. The van der Waals surface area contributed by atoms with Crippen molar-refractivity contribution < 1.29 is 4.74 Å². The molecule has 2 heteroatoms. The molecule has 4 rings (SSSR count). The van der Waals surface area contributed by atoms with Gasteiger partial charge in [0.2, 0.25) is 0 Å². The van der Waals surface area contributed by atoms with E-state index in [1.165, 1.54) is 21.6 Å². The highest BCUT2D eigenvalue weighted by Crippen LogP contribution is 2.66. The number of benzene rings is 2. The fourth-order valence-corrected chi connectivity index (χ4v) is 5.21. The lowest BCUT2D eigenvalue weighted by Crippen LogP contribution is -2.61. The normalized spacial score (nSPS) is 33.0. The Balaban J connectivity index is 1.89. The van der Waals surface area contributed by atoms with Gasteiger partial charge in [0.05, 0.1) is 5.92 Å². The van der Waals surface area contributed by atoms with Crippen LogP contribution in [0.5, 0.6) is 0 Å². The van der Waals surface area contributed by atoms with Crippen molar-refractivity contribution in [3.8, 4) is 0 Å². The number of aryl methyl sites for hydroxylation is 1. The molecule has 1 saturated heterocycles. The topological polar surface area (TPSA) is 9.23 Å². The van der Waals surface area contributed by atoms with Crippen LogP contribution in [0.1, 0.15) is 30.5 Å². The molecule has 0 aromatic heterocycles. The zero-order valence-corrected chi connectivity index (χ0v) is 14.0. The van der Waals surface area contributed by atoms with Crippen LogP contribution in [0.15, 0.2) is 65.6 Å². The van der Waals surface area contributed by atoms with Gasteiger partial charge in [-0.15, -0.1) is 0 Å². The highest BCUT2D eigenvalue weighted by Gasteiger charge is 2.65. The molecule has 0 saturated carbocycles. The van der Waals surface area contributed by atoms with Gasteiger partial charge in [-0.2, -0.15) is 0 Å². The number of thioether (sulfide) groups is 1. The largest absolute Gasteiger partial charge is 0.347 e. The zero-order valence-electron chi connectivity index (χ0n) is 13.2. The van der Waals surface area contributed by atoms with Gasteiger partial charge in [0.25, 0.3) is 0 Å². The second kappa shape index (κ2) is 4.74. The van der Waals surface area contributed by atoms with Crippen LogP contribution in [-0.4, -0.2) is 4.93 Å². The maximum atomic E-state index is 6.63. The van der Waals surface area contributed by atoms with E-state index in [0.29, 0.717) is 5.92 Å². The van der Waals surface area contributed by atoms with Crippen molar-refractivity contribution in [2.75, 3.05) is 0 Å². The van der Waals surface area contributed by atoms with Crippen molar-refractivity contribution >= 4 is 11.8 Å². The smallest absolute Gasteiger partial charge is 0.130 e. The minimum absolute atomic E-state index is 0.134. The molecule has 2 heterocycles. The Morgan fingerprint density at radius 1 is 0.909 bits per heavy atom. The summed E-state index contributed by atoms with van der Waals surface area (Å²) in [6.07, 6.45) is 2.39. The predicted molar refractivity (Wildman–Crippen MR) is 92.7 cm³/mol. The third-order valence-electron chi connectivity index (χ3n) is 4.81. The van der Waals surface area contributed by atoms with Gasteiger partial charge in [-0.05, 0) is 36.8 Å². The van der Waals surface area contributed by atoms with Crippen molar-refractivity contribution in [1.82, 2.24) is 0 Å². The van der Waals surface area contributed by atoms with Crippen LogP contribution in [0.3, 0.4) is 0 Å². The summed E-state index contributed by atoms with van der Waals surface area (Å²) in [5.41, 5.74) is 3.42. The monoisotopic (exact) mass is 308 g/mol. The summed E-state index contributed by atoms with van der Waals surface area (Å²) >= 11 is 1.85. The average Bonchev–Trinajstić information content (AvgIpc) is 2.75. The van der Waals surface area contributed by atoms with Gasteiger partial charge in [-0.1, -0.05) is 78.0 Å². The molecule has 2 aliphatic heterocycles. The first-order valence-electron chi connectivity index (χ1n) is 7.75. The van der Waals surface area contributed by atoms with Gasteiger partial charge in [0, 0.05) is 0 Å². The van der Waals surface area contributed by atoms with Crippen LogP contribution in [0.2, 0.25) is 0 Å². The number of hydrogen-bond acceptors (Lipinski definition) is 2. The summed E-state index contributed by atoms with van der Waals surface area (Å²) < 4.78 is 6.63. The van der Waals surface area contributed by atoms with Crippen LogP contribution in [0.4, 0.5) is 0 Å². The lowest BCUT2D eigenvalue weighted by atomic mass is 9.68. The molecule has 112 valence electrons. The minimum atomic E-state index is -0.353. The molecular formula is C20H20OS. The molecule has 0 spiro atoms. The van der Waals surface area contributed by atoms with E-state index in [0.717, 1.165) is 0 Å². The molecule has 0 radical (unpaired) electrons. The molecule has 22 heavy (non-hydrogen) atoms. The molecule has 0 amide bonds. The molecule has 3 atom stereocenters. The van der Waals surface area contributed by atoms with Gasteiger partial charge < -0.3 is 4.74 Å². The van der Waals surface area contributed by atoms with Crippen molar-refractivity contribution in [2.24, 2.45) is 5.92 Å². The Morgan fingerprint density at radius 3 is 2.18 bits per heavy atom. The molecule has 1 fully saturated rings. The summed E-state index contributed by atoms with van der Waals surface area (Å²) in [6.45, 7) is 6.52. The van der Waals surface area contributed by atoms with Gasteiger partial charge in [0.15, 0.2) is 0 Å². The van der Waals surface area contributed by atoms with Gasteiger partial charge in [-0.3, -0.25) is 0 Å². The summed E-state index contributed by atoms with van der Waals surface area (Å²) in [5.74, 6) is 0.370. The number of hydrogen-bond donors (Lipinski definition) is 0. The number of ether oxygens (including phenoxy) is 1. The molecule has 1 nitrogen and oxygen atoms in total. The molecular weight excluding hydrogens is 288 g/mol. The van der Waals surface area contributed by atoms with E-state index >= 15 is 0 Å². The first-order valence-corrected chi connectivity index (χ1v) is 8.56. The standard InChI is InChI=1S/C20H20OS/c1-14-9-11-17(12-10-14)20(16-7-5-4-6-8-16)18-13-15(2)22-19(18,3)21-20/h4-13,18H,1-3H3/t18-,19+,20?/m1/s1. The Morgan fingerprint density at radius 2 is 1.55 bits per heavy atom. The molecule has 0 N–H and O–H groups in total. The van der Waals surface area contributed by atoms with E-state index in [1.807, 2.05) is 11.8 Å². The SMILES string of the molecule is CC1=C[C@H]2C(c3ccccc3)(c3ccc(C)cc3)O[C@@]2(C)S1. The zero-order chi connectivity index (χ0) is 15.4. The molecule has 1 unspecified atom stereocenters. The molecule has 0 aliphatic carbocycles. The summed E-state index contributed by atoms with van der Waals surface area (Å²) in [7, 11) is 0. The van der Waals surface area contributed by atoms with Gasteiger partial charge >= 0.3 is 0 Å². The Hall–Kier alpha value is -1.51. The Bertz CT molecular complexity index is 734. The number of allylic oxidation sites excluding steroid dienone is 1. The van der Waals surface area contributed by atoms with E-state index in [1.54, 1.807) is 0 Å². The van der Waals surface area contributed by atoms with Crippen LogP contribution < -0.4 is 0 Å². The summed E-state index contributed by atoms with van der Waals surface area (Å²) in [4.78, 5) is 1.22. The first kappa shape index (κ1) is 14.1. The third kappa shape index (κ3) is 1.84. The molecule has 2 aliphatic rings.